The Hall–Kier alpha value is -8.72. The van der Waals surface area contributed by atoms with Gasteiger partial charge in [-0.05, 0) is 126 Å². The number of hydrogen-bond donors (Lipinski definition) is 0. The van der Waals surface area contributed by atoms with Crippen LogP contribution in [0, 0.1) is 0 Å². The topological polar surface area (TPSA) is 12.5 Å². The minimum atomic E-state index is -0.659. The molecule has 1 unspecified atom stereocenters. The molecule has 1 spiro atoms. The van der Waals surface area contributed by atoms with Crippen LogP contribution in [0.5, 0.6) is 11.5 Å². The molecular formula is C65H41NO. The highest BCUT2D eigenvalue weighted by molar-refractivity contribution is 6.07. The Morgan fingerprint density at radius 2 is 0.821 bits per heavy atom. The van der Waals surface area contributed by atoms with Crippen LogP contribution >= 0.6 is 0 Å². The molecule has 0 bridgehead atoms. The number of hydrogen-bond acceptors (Lipinski definition) is 2. The summed E-state index contributed by atoms with van der Waals surface area (Å²) in [4.78, 5) is 2.47. The van der Waals surface area contributed by atoms with Crippen molar-refractivity contribution in [3.63, 3.8) is 0 Å². The molecule has 0 aromatic heterocycles. The van der Waals surface area contributed by atoms with Crippen molar-refractivity contribution >= 4 is 27.8 Å². The molecule has 1 heterocycles. The van der Waals surface area contributed by atoms with Gasteiger partial charge in [-0.2, -0.15) is 0 Å². The van der Waals surface area contributed by atoms with Crippen molar-refractivity contribution in [3.05, 3.63) is 271 Å². The second kappa shape index (κ2) is 14.7. The van der Waals surface area contributed by atoms with Crippen molar-refractivity contribution in [2.75, 3.05) is 4.90 Å². The Morgan fingerprint density at radius 1 is 0.299 bits per heavy atom. The maximum atomic E-state index is 6.82. The fourth-order valence-corrected chi connectivity index (χ4v) is 11.8. The molecule has 0 fully saturated rings. The summed E-state index contributed by atoms with van der Waals surface area (Å²) in [7, 11) is 0. The van der Waals surface area contributed by atoms with E-state index in [1.165, 1.54) is 66.4 Å². The largest absolute Gasteiger partial charge is 0.456 e. The van der Waals surface area contributed by atoms with E-state index in [-0.39, 0.29) is 0 Å². The zero-order valence-electron chi connectivity index (χ0n) is 36.5. The average molecular weight is 852 g/mol. The summed E-state index contributed by atoms with van der Waals surface area (Å²) in [6.45, 7) is 0. The molecule has 1 aliphatic heterocycles. The monoisotopic (exact) mass is 851 g/mol. The zero-order chi connectivity index (χ0) is 44.1. The summed E-state index contributed by atoms with van der Waals surface area (Å²) in [5.74, 6) is 1.69. The Balaban J connectivity index is 1.10. The van der Waals surface area contributed by atoms with Crippen LogP contribution in [0.3, 0.4) is 0 Å². The molecule has 2 aliphatic carbocycles. The lowest BCUT2D eigenvalue weighted by atomic mass is 9.65. The van der Waals surface area contributed by atoms with Crippen LogP contribution in [-0.2, 0) is 5.41 Å². The third kappa shape index (κ3) is 5.45. The average Bonchev–Trinajstić information content (AvgIpc) is 3.56. The quantitative estimate of drug-likeness (QED) is 0.175. The first-order chi connectivity index (χ1) is 33.3. The Morgan fingerprint density at radius 3 is 1.60 bits per heavy atom. The highest BCUT2D eigenvalue weighted by Crippen LogP contribution is 2.63. The summed E-state index contributed by atoms with van der Waals surface area (Å²) >= 11 is 0. The maximum Gasteiger partial charge on any atom is 0.135 e. The van der Waals surface area contributed by atoms with Gasteiger partial charge >= 0.3 is 0 Å². The van der Waals surface area contributed by atoms with Crippen molar-refractivity contribution in [2.24, 2.45) is 0 Å². The van der Waals surface area contributed by atoms with Gasteiger partial charge in [0.1, 0.15) is 11.5 Å². The van der Waals surface area contributed by atoms with Crippen LogP contribution in [-0.4, -0.2) is 0 Å². The summed E-state index contributed by atoms with van der Waals surface area (Å²) in [5, 5.41) is 2.52. The smallest absolute Gasteiger partial charge is 0.135 e. The van der Waals surface area contributed by atoms with Crippen molar-refractivity contribution in [1.82, 2.24) is 0 Å². The van der Waals surface area contributed by atoms with E-state index in [1.807, 2.05) is 0 Å². The number of ether oxygens (including phenoxy) is 1. The number of nitrogens with zero attached hydrogens (tertiary/aromatic N) is 1. The SMILES string of the molecule is c1ccc(-c2ccccc2N(c2ccc3c(c2)-c2ccccc2-c2ccccc2O3)c2ccc3c(c2)C2(c4ccccc4-c4ccccc4-3)c3ccccc3-c3c2ccc2ccccc32)cc1. The Labute approximate surface area is 390 Å². The van der Waals surface area contributed by atoms with Gasteiger partial charge in [-0.25, -0.2) is 0 Å². The van der Waals surface area contributed by atoms with Gasteiger partial charge in [0.15, 0.2) is 0 Å². The number of rotatable bonds is 4. The number of fused-ring (bicyclic) bond motifs is 19. The van der Waals surface area contributed by atoms with Crippen LogP contribution in [0.15, 0.2) is 249 Å². The lowest BCUT2D eigenvalue weighted by Gasteiger charge is -2.37. The van der Waals surface area contributed by atoms with Gasteiger partial charge in [-0.3, -0.25) is 0 Å². The highest BCUT2D eigenvalue weighted by atomic mass is 16.5. The molecule has 11 aromatic carbocycles. The zero-order valence-corrected chi connectivity index (χ0v) is 36.5. The van der Waals surface area contributed by atoms with Gasteiger partial charge < -0.3 is 9.64 Å². The minimum Gasteiger partial charge on any atom is -0.456 e. The fraction of sp³-hybridized carbons (Fsp3) is 0.0154. The molecule has 2 heteroatoms. The van der Waals surface area contributed by atoms with E-state index in [1.54, 1.807) is 0 Å². The van der Waals surface area contributed by atoms with E-state index in [0.717, 1.165) is 61.9 Å². The van der Waals surface area contributed by atoms with Crippen molar-refractivity contribution in [1.29, 1.82) is 0 Å². The fourth-order valence-electron chi connectivity index (χ4n) is 11.8. The van der Waals surface area contributed by atoms with Crippen LogP contribution in [0.2, 0.25) is 0 Å². The number of para-hydroxylation sites is 2. The minimum absolute atomic E-state index is 0.659. The molecule has 67 heavy (non-hydrogen) atoms. The summed E-state index contributed by atoms with van der Waals surface area (Å²) in [6.07, 6.45) is 0. The molecule has 2 nitrogen and oxygen atoms in total. The Bertz CT molecular complexity index is 3810. The summed E-state index contributed by atoms with van der Waals surface area (Å²) < 4.78 is 6.82. The lowest BCUT2D eigenvalue weighted by molar-refractivity contribution is 0.488. The van der Waals surface area contributed by atoms with Gasteiger partial charge in [-0.1, -0.05) is 206 Å². The van der Waals surface area contributed by atoms with Gasteiger partial charge in [0, 0.05) is 28.1 Å². The van der Waals surface area contributed by atoms with Gasteiger partial charge in [0.25, 0.3) is 0 Å². The molecule has 11 aromatic rings. The molecule has 0 amide bonds. The van der Waals surface area contributed by atoms with Crippen molar-refractivity contribution < 1.29 is 4.74 Å². The molecule has 0 radical (unpaired) electrons. The van der Waals surface area contributed by atoms with Gasteiger partial charge in [-0.15, -0.1) is 0 Å². The second-order valence-electron chi connectivity index (χ2n) is 17.9. The van der Waals surface area contributed by atoms with E-state index < -0.39 is 5.41 Å². The highest BCUT2D eigenvalue weighted by Gasteiger charge is 2.50. The van der Waals surface area contributed by atoms with Crippen LogP contribution in [0.1, 0.15) is 22.3 Å². The lowest BCUT2D eigenvalue weighted by Crippen LogP contribution is -2.29. The van der Waals surface area contributed by atoms with Crippen molar-refractivity contribution in [3.8, 4) is 78.3 Å². The summed E-state index contributed by atoms with van der Waals surface area (Å²) in [5.41, 5.74) is 21.9. The van der Waals surface area contributed by atoms with Gasteiger partial charge in [0.05, 0.1) is 11.1 Å². The predicted octanol–water partition coefficient (Wildman–Crippen LogP) is 17.4. The predicted molar refractivity (Wildman–Crippen MR) is 277 cm³/mol. The van der Waals surface area contributed by atoms with Gasteiger partial charge in [0.2, 0.25) is 0 Å². The number of anilines is 3. The molecule has 0 saturated carbocycles. The van der Waals surface area contributed by atoms with Crippen LogP contribution in [0.4, 0.5) is 17.1 Å². The van der Waals surface area contributed by atoms with E-state index >= 15 is 0 Å². The normalized spacial score (nSPS) is 14.4. The number of benzene rings is 11. The first-order valence-corrected chi connectivity index (χ1v) is 23.2. The van der Waals surface area contributed by atoms with Crippen molar-refractivity contribution in [2.45, 2.75) is 5.41 Å². The molecule has 14 rings (SSSR count). The molecule has 0 saturated heterocycles. The Kier molecular flexibility index (Phi) is 8.23. The third-order valence-corrected chi connectivity index (χ3v) is 14.5. The van der Waals surface area contributed by atoms with E-state index in [0.29, 0.717) is 0 Å². The molecule has 1 atom stereocenters. The van der Waals surface area contributed by atoms with E-state index in [9.17, 15) is 0 Å². The molecule has 312 valence electrons. The maximum absolute atomic E-state index is 6.82. The van der Waals surface area contributed by atoms with Crippen LogP contribution in [0.25, 0.3) is 77.5 Å². The van der Waals surface area contributed by atoms with E-state index in [4.69, 9.17) is 4.74 Å². The second-order valence-corrected chi connectivity index (χ2v) is 17.9. The third-order valence-electron chi connectivity index (χ3n) is 14.5. The summed E-state index contributed by atoms with van der Waals surface area (Å²) in [6, 6.07) is 91.6. The first kappa shape index (κ1) is 37.6. The first-order valence-electron chi connectivity index (χ1n) is 23.2. The molecule has 0 N–H and O–H groups in total. The molecule has 3 aliphatic rings. The van der Waals surface area contributed by atoms with E-state index in [2.05, 4.69) is 254 Å². The standard InChI is InChI=1S/C65H41NO/c1-2-18-42(19-3-1)46-21-12-16-32-61(46)66(44-36-39-63-56(40-44)51-26-9-8-25-50(51)54-28-13-17-33-62(54)67-63)45-35-37-53-49-24-7-6-23-48(49)52-27-10-14-30-57(52)65(60(53)41-45)58-31-15-11-29-55(58)64-47-22-5-4-20-43(47)34-38-59(64)65/h1-41H. The van der Waals surface area contributed by atoms with Crippen LogP contribution < -0.4 is 9.64 Å². The molecular weight excluding hydrogens is 811 g/mol.